The minimum absolute atomic E-state index is 0.0694. The monoisotopic (exact) mass is 788 g/mol. The second-order valence-electron chi connectivity index (χ2n) is 12.4. The Bertz CT molecular complexity index is 2220. The fraction of sp³-hybridized carbons (Fsp3) is 0.209. The standard InChI is InChI=1S/C21H21N3O2.C19H18BrN3O2.C3H6/c1-4-15-11-22-12-17-9-10-18(24-20(15)17)21(25)23-13-16-7-5-6-8-19(16)26-14(2)3;1-12(2)25-17-6-4-3-5-13(17)10-22-19(24)16-8-7-14-9-21-11-15(20)18(14)23-16;1-3-2/h4-12,14H,1,13H2,2-3H3,(H,23,25);3-9,11-12H,10H2,1-2H3,(H,22,24);3H,1H2,2H3. The number of nitrogens with one attached hydrogen (secondary N) is 2. The van der Waals surface area contributed by atoms with Crippen LogP contribution >= 0.6 is 15.9 Å². The molecule has 0 aliphatic carbocycles. The highest BCUT2D eigenvalue weighted by molar-refractivity contribution is 9.10. The molecule has 0 atom stereocenters. The van der Waals surface area contributed by atoms with Crippen molar-refractivity contribution in [3.05, 3.63) is 149 Å². The molecule has 0 saturated heterocycles. The zero-order valence-electron chi connectivity index (χ0n) is 31.2. The molecule has 4 aromatic heterocycles. The van der Waals surface area contributed by atoms with E-state index in [1.807, 2.05) is 95.3 Å². The number of fused-ring (bicyclic) bond motifs is 2. The first kappa shape index (κ1) is 40.8. The summed E-state index contributed by atoms with van der Waals surface area (Å²) in [6.45, 7) is 17.7. The van der Waals surface area contributed by atoms with E-state index in [1.165, 1.54) is 0 Å². The van der Waals surface area contributed by atoms with Crippen molar-refractivity contribution in [2.75, 3.05) is 0 Å². The number of hydrogen-bond acceptors (Lipinski definition) is 8. The van der Waals surface area contributed by atoms with E-state index in [0.717, 1.165) is 43.4 Å². The van der Waals surface area contributed by atoms with E-state index in [-0.39, 0.29) is 24.0 Å². The molecule has 0 bridgehead atoms. The van der Waals surface area contributed by atoms with Crippen LogP contribution in [0, 0.1) is 0 Å². The van der Waals surface area contributed by atoms with Gasteiger partial charge in [-0.15, -0.1) is 6.58 Å². The van der Waals surface area contributed by atoms with Crippen molar-refractivity contribution in [1.82, 2.24) is 30.6 Å². The van der Waals surface area contributed by atoms with E-state index in [4.69, 9.17) is 9.47 Å². The number of aromatic nitrogens is 4. The van der Waals surface area contributed by atoms with Gasteiger partial charge in [0.25, 0.3) is 11.8 Å². The van der Waals surface area contributed by atoms with Gasteiger partial charge in [-0.2, -0.15) is 0 Å². The van der Waals surface area contributed by atoms with Gasteiger partial charge in [-0.25, -0.2) is 9.97 Å². The average molecular weight is 790 g/mol. The van der Waals surface area contributed by atoms with E-state index in [9.17, 15) is 9.59 Å². The van der Waals surface area contributed by atoms with Crippen LogP contribution in [0.15, 0.2) is 121 Å². The molecule has 2 N–H and O–H groups in total. The molecule has 0 aliphatic rings. The number of ether oxygens (including phenoxy) is 2. The summed E-state index contributed by atoms with van der Waals surface area (Å²) in [4.78, 5) is 42.1. The van der Waals surface area contributed by atoms with Crippen LogP contribution in [-0.4, -0.2) is 44.0 Å². The van der Waals surface area contributed by atoms with Gasteiger partial charge in [0.05, 0.1) is 27.7 Å². The maximum Gasteiger partial charge on any atom is 0.270 e. The predicted molar refractivity (Wildman–Crippen MR) is 219 cm³/mol. The van der Waals surface area contributed by atoms with Crippen molar-refractivity contribution in [1.29, 1.82) is 0 Å². The highest BCUT2D eigenvalue weighted by atomic mass is 79.9. The van der Waals surface area contributed by atoms with Crippen LogP contribution in [0.25, 0.3) is 27.9 Å². The summed E-state index contributed by atoms with van der Waals surface area (Å²) in [5.74, 6) is 1.08. The van der Waals surface area contributed by atoms with E-state index < -0.39 is 0 Å². The first-order chi connectivity index (χ1) is 26.0. The molecule has 278 valence electrons. The van der Waals surface area contributed by atoms with Gasteiger partial charge in [-0.3, -0.25) is 19.6 Å². The summed E-state index contributed by atoms with van der Waals surface area (Å²) >= 11 is 3.41. The molecule has 6 aromatic rings. The number of amides is 2. The number of para-hydroxylation sites is 2. The molecule has 0 aliphatic heterocycles. The van der Waals surface area contributed by atoms with Crippen LogP contribution in [0.2, 0.25) is 0 Å². The van der Waals surface area contributed by atoms with E-state index in [1.54, 1.807) is 49.1 Å². The maximum absolute atomic E-state index is 12.5. The van der Waals surface area contributed by atoms with Crippen molar-refractivity contribution in [3.8, 4) is 11.5 Å². The van der Waals surface area contributed by atoms with E-state index >= 15 is 0 Å². The molecule has 0 fully saturated rings. The van der Waals surface area contributed by atoms with Gasteiger partial charge < -0.3 is 20.1 Å². The van der Waals surface area contributed by atoms with Crippen LogP contribution in [0.1, 0.15) is 72.3 Å². The van der Waals surface area contributed by atoms with Crippen molar-refractivity contribution >= 4 is 55.6 Å². The first-order valence-corrected chi connectivity index (χ1v) is 18.2. The zero-order valence-corrected chi connectivity index (χ0v) is 32.8. The third kappa shape index (κ3) is 11.5. The highest BCUT2D eigenvalue weighted by Gasteiger charge is 2.13. The van der Waals surface area contributed by atoms with Crippen molar-refractivity contribution in [2.24, 2.45) is 0 Å². The molecule has 0 saturated carbocycles. The Balaban J connectivity index is 0.000000225. The number of pyridine rings is 4. The lowest BCUT2D eigenvalue weighted by molar-refractivity contribution is 0.0937. The Morgan fingerprint density at radius 3 is 1.61 bits per heavy atom. The van der Waals surface area contributed by atoms with Crippen LogP contribution in [0.3, 0.4) is 0 Å². The lowest BCUT2D eigenvalue weighted by Gasteiger charge is -2.14. The van der Waals surface area contributed by atoms with Gasteiger partial charge in [0.2, 0.25) is 0 Å². The van der Waals surface area contributed by atoms with Gasteiger partial charge in [0.1, 0.15) is 22.9 Å². The van der Waals surface area contributed by atoms with Gasteiger partial charge >= 0.3 is 0 Å². The SMILES string of the molecule is C=CC.C=Cc1cncc2ccc(C(=O)NCc3ccccc3OC(C)C)nc12.CC(C)Oc1ccccc1CNC(=O)c1ccc2cncc(Br)c2n1. The molecule has 0 unspecified atom stereocenters. The van der Waals surface area contributed by atoms with Crippen molar-refractivity contribution < 1.29 is 19.1 Å². The maximum atomic E-state index is 12.5. The second kappa shape index (κ2) is 20.3. The summed E-state index contributed by atoms with van der Waals surface area (Å²) in [6.07, 6.45) is 10.4. The third-order valence-corrected chi connectivity index (χ3v) is 8.00. The molecular formula is C43H45BrN6O4. The minimum atomic E-state index is -0.238. The largest absolute Gasteiger partial charge is 0.491 e. The molecule has 10 nitrogen and oxygen atoms in total. The van der Waals surface area contributed by atoms with Gasteiger partial charge in [-0.05, 0) is 86.9 Å². The summed E-state index contributed by atoms with van der Waals surface area (Å²) in [7, 11) is 0. The molecule has 11 heteroatoms. The van der Waals surface area contributed by atoms with Crippen molar-refractivity contribution in [3.63, 3.8) is 0 Å². The van der Waals surface area contributed by atoms with Crippen LogP contribution in [0.4, 0.5) is 0 Å². The smallest absolute Gasteiger partial charge is 0.270 e. The fourth-order valence-electron chi connectivity index (χ4n) is 5.05. The molecule has 2 amide bonds. The van der Waals surface area contributed by atoms with Gasteiger partial charge in [0, 0.05) is 65.3 Å². The molecule has 54 heavy (non-hydrogen) atoms. The Kier molecular flexibility index (Phi) is 15.4. The second-order valence-corrected chi connectivity index (χ2v) is 13.3. The normalized spacial score (nSPS) is 10.4. The molecule has 4 heterocycles. The summed E-state index contributed by atoms with van der Waals surface area (Å²) in [6, 6.07) is 22.4. The first-order valence-electron chi connectivity index (χ1n) is 17.4. The van der Waals surface area contributed by atoms with Crippen LogP contribution in [0.5, 0.6) is 11.5 Å². The molecule has 0 spiro atoms. The van der Waals surface area contributed by atoms with E-state index in [0.29, 0.717) is 35.5 Å². The van der Waals surface area contributed by atoms with E-state index in [2.05, 4.69) is 59.7 Å². The summed E-state index contributed by atoms with van der Waals surface area (Å²) in [5.41, 5.74) is 4.79. The Hall–Kier alpha value is -5.94. The topological polar surface area (TPSA) is 128 Å². The van der Waals surface area contributed by atoms with Gasteiger partial charge in [-0.1, -0.05) is 55.1 Å². The average Bonchev–Trinajstić information content (AvgIpc) is 3.16. The van der Waals surface area contributed by atoms with Crippen molar-refractivity contribution in [2.45, 2.75) is 59.9 Å². The quantitative estimate of drug-likeness (QED) is 0.124. The molecule has 6 rings (SSSR count). The minimum Gasteiger partial charge on any atom is -0.491 e. The number of carbonyl (C=O) groups excluding carboxylic acids is 2. The lowest BCUT2D eigenvalue weighted by Crippen LogP contribution is -2.24. The third-order valence-electron chi connectivity index (χ3n) is 7.42. The zero-order chi connectivity index (χ0) is 39.0. The molecule has 2 aromatic carbocycles. The number of hydrogen-bond donors (Lipinski definition) is 2. The number of rotatable bonds is 11. The van der Waals surface area contributed by atoms with Gasteiger partial charge in [0.15, 0.2) is 0 Å². The number of halogens is 1. The fourth-order valence-corrected chi connectivity index (χ4v) is 5.48. The van der Waals surface area contributed by atoms with Crippen LogP contribution in [-0.2, 0) is 13.1 Å². The lowest BCUT2D eigenvalue weighted by atomic mass is 10.1. The number of benzene rings is 2. The summed E-state index contributed by atoms with van der Waals surface area (Å²) < 4.78 is 12.3. The number of nitrogens with zero attached hydrogens (tertiary/aromatic N) is 4. The Morgan fingerprint density at radius 2 is 1.13 bits per heavy atom. The molecular weight excluding hydrogens is 744 g/mol. The Morgan fingerprint density at radius 1 is 0.685 bits per heavy atom. The predicted octanol–water partition coefficient (Wildman–Crippen LogP) is 9.29. The Labute approximate surface area is 324 Å². The summed E-state index contributed by atoms with van der Waals surface area (Å²) in [5, 5.41) is 7.56. The highest BCUT2D eigenvalue weighted by Crippen LogP contribution is 2.23. The number of carbonyl (C=O) groups is 2. The number of allylic oxidation sites excluding steroid dienone is 1. The van der Waals surface area contributed by atoms with Crippen LogP contribution < -0.4 is 20.1 Å². The molecule has 0 radical (unpaired) electrons.